The maximum absolute atomic E-state index is 14.3. The normalized spacial score (nSPS) is 23.7. The standard InChI is InChI=1S/C19H26FN3O/c1-14(16-6-9-24-10-7-16)22-17-3-2-8-23(13-17)19-5-4-15(12-21)11-18(19)20/h4-5,11,14,16-17,22H,2-3,6-10,13H2,1H3. The van der Waals surface area contributed by atoms with E-state index in [0.29, 0.717) is 29.3 Å². The summed E-state index contributed by atoms with van der Waals surface area (Å²) in [6, 6.07) is 7.59. The van der Waals surface area contributed by atoms with Gasteiger partial charge < -0.3 is 15.0 Å². The highest BCUT2D eigenvalue weighted by molar-refractivity contribution is 5.51. The summed E-state index contributed by atoms with van der Waals surface area (Å²) in [5.74, 6) is 0.368. The Morgan fingerprint density at radius 1 is 1.33 bits per heavy atom. The number of nitriles is 1. The van der Waals surface area contributed by atoms with E-state index >= 15 is 0 Å². The Balaban J connectivity index is 1.61. The van der Waals surface area contributed by atoms with Gasteiger partial charge in [-0.3, -0.25) is 0 Å². The van der Waals surface area contributed by atoms with Crippen LogP contribution in [0.1, 0.15) is 38.2 Å². The molecule has 2 unspecified atom stereocenters. The Hall–Kier alpha value is -1.64. The molecule has 0 radical (unpaired) electrons. The molecule has 2 atom stereocenters. The van der Waals surface area contributed by atoms with Crippen LogP contribution in [0.5, 0.6) is 0 Å². The van der Waals surface area contributed by atoms with E-state index in [0.717, 1.165) is 52.0 Å². The van der Waals surface area contributed by atoms with Gasteiger partial charge in [-0.05, 0) is 56.7 Å². The second kappa shape index (κ2) is 7.96. The minimum Gasteiger partial charge on any atom is -0.381 e. The molecule has 0 saturated carbocycles. The van der Waals surface area contributed by atoms with Gasteiger partial charge in [-0.2, -0.15) is 5.26 Å². The van der Waals surface area contributed by atoms with Crippen molar-refractivity contribution in [3.8, 4) is 6.07 Å². The number of hydrogen-bond acceptors (Lipinski definition) is 4. The highest BCUT2D eigenvalue weighted by Crippen LogP contribution is 2.25. The zero-order chi connectivity index (χ0) is 16.9. The number of anilines is 1. The molecule has 2 heterocycles. The van der Waals surface area contributed by atoms with E-state index < -0.39 is 0 Å². The number of nitrogens with zero attached hydrogens (tertiary/aromatic N) is 2. The summed E-state index contributed by atoms with van der Waals surface area (Å²) in [6.45, 7) is 5.67. The average Bonchev–Trinajstić information content (AvgIpc) is 2.62. The molecule has 3 rings (SSSR count). The van der Waals surface area contributed by atoms with E-state index in [1.54, 1.807) is 12.1 Å². The molecule has 130 valence electrons. The number of rotatable bonds is 4. The third-order valence-electron chi connectivity index (χ3n) is 5.31. The molecule has 4 nitrogen and oxygen atoms in total. The first-order valence-corrected chi connectivity index (χ1v) is 8.96. The lowest BCUT2D eigenvalue weighted by Crippen LogP contribution is -2.51. The van der Waals surface area contributed by atoms with Crippen molar-refractivity contribution in [2.45, 2.75) is 44.7 Å². The molecular weight excluding hydrogens is 305 g/mol. The summed E-state index contributed by atoms with van der Waals surface area (Å²) >= 11 is 0. The van der Waals surface area contributed by atoms with Gasteiger partial charge in [0.1, 0.15) is 5.82 Å². The molecule has 5 heteroatoms. The van der Waals surface area contributed by atoms with Crippen molar-refractivity contribution < 1.29 is 9.13 Å². The van der Waals surface area contributed by atoms with Gasteiger partial charge in [0.2, 0.25) is 0 Å². The molecule has 0 amide bonds. The summed E-state index contributed by atoms with van der Waals surface area (Å²) in [5, 5.41) is 12.6. The van der Waals surface area contributed by atoms with Crippen molar-refractivity contribution in [1.82, 2.24) is 5.32 Å². The van der Waals surface area contributed by atoms with Crippen LogP contribution in [0.2, 0.25) is 0 Å². The second-order valence-corrected chi connectivity index (χ2v) is 6.97. The Kier molecular flexibility index (Phi) is 5.70. The zero-order valence-electron chi connectivity index (χ0n) is 14.3. The molecule has 2 fully saturated rings. The molecule has 1 aromatic rings. The number of piperidine rings is 1. The Morgan fingerprint density at radius 3 is 2.83 bits per heavy atom. The maximum atomic E-state index is 14.3. The summed E-state index contributed by atoms with van der Waals surface area (Å²) < 4.78 is 19.7. The summed E-state index contributed by atoms with van der Waals surface area (Å²) in [7, 11) is 0. The molecule has 2 aliphatic rings. The Bertz CT molecular complexity index is 595. The van der Waals surface area contributed by atoms with E-state index in [9.17, 15) is 4.39 Å². The van der Waals surface area contributed by atoms with Crippen LogP contribution in [0.3, 0.4) is 0 Å². The lowest BCUT2D eigenvalue weighted by atomic mass is 9.91. The van der Waals surface area contributed by atoms with E-state index in [-0.39, 0.29) is 5.82 Å². The largest absolute Gasteiger partial charge is 0.381 e. The molecule has 2 saturated heterocycles. The number of halogens is 1. The van der Waals surface area contributed by atoms with Crippen LogP contribution in [0.25, 0.3) is 0 Å². The molecule has 2 aliphatic heterocycles. The van der Waals surface area contributed by atoms with Crippen molar-refractivity contribution >= 4 is 5.69 Å². The molecular formula is C19H26FN3O. The summed E-state index contributed by atoms with van der Waals surface area (Å²) in [5.41, 5.74) is 0.982. The number of ether oxygens (including phenoxy) is 1. The van der Waals surface area contributed by atoms with Crippen LogP contribution in [0, 0.1) is 23.1 Å². The Labute approximate surface area is 143 Å². The van der Waals surface area contributed by atoms with Gasteiger partial charge in [0.05, 0.1) is 17.3 Å². The monoisotopic (exact) mass is 331 g/mol. The molecule has 1 aromatic carbocycles. The van der Waals surface area contributed by atoms with Gasteiger partial charge in [0, 0.05) is 38.4 Å². The van der Waals surface area contributed by atoms with Gasteiger partial charge in [-0.25, -0.2) is 4.39 Å². The van der Waals surface area contributed by atoms with Gasteiger partial charge in [-0.15, -0.1) is 0 Å². The average molecular weight is 331 g/mol. The van der Waals surface area contributed by atoms with Crippen LogP contribution in [-0.2, 0) is 4.74 Å². The zero-order valence-corrected chi connectivity index (χ0v) is 14.3. The fourth-order valence-corrected chi connectivity index (χ4v) is 3.89. The fraction of sp³-hybridized carbons (Fsp3) is 0.632. The van der Waals surface area contributed by atoms with Gasteiger partial charge in [0.15, 0.2) is 0 Å². The molecule has 0 bridgehead atoms. The smallest absolute Gasteiger partial charge is 0.147 e. The van der Waals surface area contributed by atoms with Crippen molar-refractivity contribution in [2.75, 3.05) is 31.2 Å². The van der Waals surface area contributed by atoms with Gasteiger partial charge in [0.25, 0.3) is 0 Å². The quantitative estimate of drug-likeness (QED) is 0.921. The van der Waals surface area contributed by atoms with Gasteiger partial charge in [-0.1, -0.05) is 0 Å². The van der Waals surface area contributed by atoms with Crippen molar-refractivity contribution in [3.63, 3.8) is 0 Å². The lowest BCUT2D eigenvalue weighted by Gasteiger charge is -2.38. The van der Waals surface area contributed by atoms with Crippen molar-refractivity contribution in [2.24, 2.45) is 5.92 Å². The Morgan fingerprint density at radius 2 is 2.12 bits per heavy atom. The fourth-order valence-electron chi connectivity index (χ4n) is 3.89. The molecule has 24 heavy (non-hydrogen) atoms. The van der Waals surface area contributed by atoms with Crippen LogP contribution < -0.4 is 10.2 Å². The summed E-state index contributed by atoms with van der Waals surface area (Å²) in [6.07, 6.45) is 4.42. The van der Waals surface area contributed by atoms with E-state index in [2.05, 4.69) is 17.1 Å². The molecule has 1 N–H and O–H groups in total. The third kappa shape index (κ3) is 4.06. The van der Waals surface area contributed by atoms with Crippen LogP contribution in [0.4, 0.5) is 10.1 Å². The van der Waals surface area contributed by atoms with Crippen LogP contribution in [-0.4, -0.2) is 38.4 Å². The first kappa shape index (κ1) is 17.2. The minimum absolute atomic E-state index is 0.299. The topological polar surface area (TPSA) is 48.3 Å². The summed E-state index contributed by atoms with van der Waals surface area (Å²) in [4.78, 5) is 2.11. The lowest BCUT2D eigenvalue weighted by molar-refractivity contribution is 0.0541. The predicted octanol–water partition coefficient (Wildman–Crippen LogP) is 3.07. The van der Waals surface area contributed by atoms with E-state index in [1.165, 1.54) is 6.07 Å². The highest BCUT2D eigenvalue weighted by Gasteiger charge is 2.26. The molecule has 0 aliphatic carbocycles. The highest BCUT2D eigenvalue weighted by atomic mass is 19.1. The number of hydrogen-bond donors (Lipinski definition) is 1. The van der Waals surface area contributed by atoms with Crippen LogP contribution in [0.15, 0.2) is 18.2 Å². The van der Waals surface area contributed by atoms with E-state index in [4.69, 9.17) is 10.00 Å². The van der Waals surface area contributed by atoms with Crippen LogP contribution >= 0.6 is 0 Å². The second-order valence-electron chi connectivity index (χ2n) is 6.97. The third-order valence-corrected chi connectivity index (χ3v) is 5.31. The first-order valence-electron chi connectivity index (χ1n) is 8.96. The number of benzene rings is 1. The molecule has 0 aromatic heterocycles. The SMILES string of the molecule is CC(NC1CCCN(c2ccc(C#N)cc2F)C1)C1CCOCC1. The van der Waals surface area contributed by atoms with E-state index in [1.807, 2.05) is 6.07 Å². The number of nitrogens with one attached hydrogen (secondary N) is 1. The first-order chi connectivity index (χ1) is 11.7. The van der Waals surface area contributed by atoms with Gasteiger partial charge >= 0.3 is 0 Å². The van der Waals surface area contributed by atoms with Crippen molar-refractivity contribution in [1.29, 1.82) is 5.26 Å². The molecule has 0 spiro atoms. The predicted molar refractivity (Wildman–Crippen MR) is 92.5 cm³/mol. The van der Waals surface area contributed by atoms with Crippen molar-refractivity contribution in [3.05, 3.63) is 29.6 Å². The minimum atomic E-state index is -0.299. The maximum Gasteiger partial charge on any atom is 0.147 e.